The summed E-state index contributed by atoms with van der Waals surface area (Å²) in [6.07, 6.45) is 3.16. The molecule has 14 heavy (non-hydrogen) atoms. The molecule has 0 spiro atoms. The van der Waals surface area contributed by atoms with Crippen LogP contribution in [0.1, 0.15) is 32.6 Å². The van der Waals surface area contributed by atoms with Crippen molar-refractivity contribution in [1.82, 2.24) is 4.31 Å². The van der Waals surface area contributed by atoms with Crippen molar-refractivity contribution in [1.29, 1.82) is 0 Å². The molecule has 1 heterocycles. The van der Waals surface area contributed by atoms with Crippen molar-refractivity contribution in [2.75, 3.05) is 13.1 Å². The highest BCUT2D eigenvalue weighted by Gasteiger charge is 2.42. The Balaban J connectivity index is 2.09. The second-order valence-corrected chi connectivity index (χ2v) is 6.89. The van der Waals surface area contributed by atoms with Gasteiger partial charge in [0, 0.05) is 13.1 Å². The Morgan fingerprint density at radius 2 is 2.07 bits per heavy atom. The van der Waals surface area contributed by atoms with Crippen LogP contribution < -0.4 is 0 Å². The molecule has 1 atom stereocenters. The molecule has 0 aromatic carbocycles. The zero-order valence-corrected chi connectivity index (χ0v) is 9.26. The van der Waals surface area contributed by atoms with Gasteiger partial charge in [-0.1, -0.05) is 6.42 Å². The molecule has 2 aliphatic rings. The van der Waals surface area contributed by atoms with Gasteiger partial charge in [-0.2, -0.15) is 4.31 Å². The van der Waals surface area contributed by atoms with E-state index in [1.165, 1.54) is 4.31 Å². The molecular weight excluding hydrogens is 202 g/mol. The first-order chi connectivity index (χ1) is 6.42. The third-order valence-electron chi connectivity index (χ3n) is 3.25. The maximum absolute atomic E-state index is 11.9. The van der Waals surface area contributed by atoms with Gasteiger partial charge >= 0.3 is 0 Å². The van der Waals surface area contributed by atoms with Gasteiger partial charge in [0.2, 0.25) is 10.0 Å². The van der Waals surface area contributed by atoms with Gasteiger partial charge in [-0.3, -0.25) is 0 Å². The van der Waals surface area contributed by atoms with Gasteiger partial charge in [0.15, 0.2) is 0 Å². The molecule has 0 bridgehead atoms. The number of hydrogen-bond acceptors (Lipinski definition) is 3. The zero-order valence-electron chi connectivity index (χ0n) is 8.44. The van der Waals surface area contributed by atoms with Crippen LogP contribution in [-0.2, 0) is 10.0 Å². The topological polar surface area (TPSA) is 57.6 Å². The van der Waals surface area contributed by atoms with Crippen LogP contribution in [0.5, 0.6) is 0 Å². The zero-order chi connectivity index (χ0) is 10.4. The fraction of sp³-hybridized carbons (Fsp3) is 1.00. The molecule has 1 aliphatic heterocycles. The second-order valence-electron chi connectivity index (χ2n) is 4.68. The monoisotopic (exact) mass is 219 g/mol. The summed E-state index contributed by atoms with van der Waals surface area (Å²) in [5, 5.41) is 9.52. The van der Waals surface area contributed by atoms with Crippen molar-refractivity contribution < 1.29 is 13.5 Å². The van der Waals surface area contributed by atoms with Crippen LogP contribution in [0.4, 0.5) is 0 Å². The molecule has 1 saturated heterocycles. The molecule has 5 heteroatoms. The van der Waals surface area contributed by atoms with Crippen LogP contribution in [-0.4, -0.2) is 41.8 Å². The molecule has 0 aromatic heterocycles. The van der Waals surface area contributed by atoms with E-state index in [1.54, 1.807) is 6.92 Å². The molecule has 1 unspecified atom stereocenters. The van der Waals surface area contributed by atoms with Gasteiger partial charge in [-0.05, 0) is 26.2 Å². The number of rotatable bonds is 2. The predicted molar refractivity (Wildman–Crippen MR) is 53.4 cm³/mol. The average molecular weight is 219 g/mol. The molecular formula is C9H17NO3S. The van der Waals surface area contributed by atoms with Crippen LogP contribution in [0.15, 0.2) is 0 Å². The van der Waals surface area contributed by atoms with Gasteiger partial charge in [0.1, 0.15) is 0 Å². The van der Waals surface area contributed by atoms with E-state index in [2.05, 4.69) is 0 Å². The van der Waals surface area contributed by atoms with E-state index < -0.39 is 15.6 Å². The van der Waals surface area contributed by atoms with Crippen molar-refractivity contribution in [3.05, 3.63) is 0 Å². The van der Waals surface area contributed by atoms with Gasteiger partial charge in [0.25, 0.3) is 0 Å². The predicted octanol–water partition coefficient (Wildman–Crippen LogP) is 0.325. The maximum atomic E-state index is 11.9. The highest BCUT2D eigenvalue weighted by atomic mass is 32.2. The Morgan fingerprint density at radius 3 is 2.43 bits per heavy atom. The molecule has 1 N–H and O–H groups in total. The van der Waals surface area contributed by atoms with Crippen molar-refractivity contribution in [3.8, 4) is 0 Å². The highest BCUT2D eigenvalue weighted by Crippen LogP contribution is 2.32. The van der Waals surface area contributed by atoms with E-state index >= 15 is 0 Å². The van der Waals surface area contributed by atoms with Crippen molar-refractivity contribution in [2.45, 2.75) is 43.5 Å². The first-order valence-electron chi connectivity index (χ1n) is 5.13. The summed E-state index contributed by atoms with van der Waals surface area (Å²) in [7, 11) is -3.10. The fourth-order valence-corrected chi connectivity index (χ4v) is 4.15. The Kier molecular flexibility index (Phi) is 2.36. The lowest BCUT2D eigenvalue weighted by molar-refractivity contribution is 0.0761. The molecule has 4 nitrogen and oxygen atoms in total. The normalized spacial score (nSPS) is 35.9. The van der Waals surface area contributed by atoms with Crippen LogP contribution in [0, 0.1) is 0 Å². The number of aliphatic hydroxyl groups is 1. The third-order valence-corrected chi connectivity index (χ3v) is 5.60. The maximum Gasteiger partial charge on any atom is 0.217 e. The summed E-state index contributed by atoms with van der Waals surface area (Å²) < 4.78 is 25.3. The second kappa shape index (κ2) is 3.18. The summed E-state index contributed by atoms with van der Waals surface area (Å²) >= 11 is 0. The van der Waals surface area contributed by atoms with Gasteiger partial charge in [-0.15, -0.1) is 0 Å². The minimum Gasteiger partial charge on any atom is -0.389 e. The summed E-state index contributed by atoms with van der Waals surface area (Å²) in [6, 6.07) is 0. The summed E-state index contributed by atoms with van der Waals surface area (Å²) in [4.78, 5) is 0. The molecule has 1 aliphatic carbocycles. The smallest absolute Gasteiger partial charge is 0.217 e. The molecule has 0 amide bonds. The number of β-amino-alcohol motifs (C(OH)–C–C–N with tert-alkyl or cyclic N) is 1. The SMILES string of the molecule is CC1(O)CCN(S(=O)(=O)C2CCC2)C1. The fourth-order valence-electron chi connectivity index (χ4n) is 2.00. The van der Waals surface area contributed by atoms with Gasteiger partial charge in [0.05, 0.1) is 10.9 Å². The van der Waals surface area contributed by atoms with Gasteiger partial charge in [-0.25, -0.2) is 8.42 Å². The highest BCUT2D eigenvalue weighted by molar-refractivity contribution is 7.89. The molecule has 1 saturated carbocycles. The van der Waals surface area contributed by atoms with E-state index in [0.717, 1.165) is 19.3 Å². The molecule has 0 aromatic rings. The quantitative estimate of drug-likeness (QED) is 0.728. The first kappa shape index (κ1) is 10.4. The average Bonchev–Trinajstić information content (AvgIpc) is 2.25. The molecule has 0 radical (unpaired) electrons. The minimum atomic E-state index is -3.10. The van der Waals surface area contributed by atoms with E-state index in [1.807, 2.05) is 0 Å². The van der Waals surface area contributed by atoms with Crippen molar-refractivity contribution in [3.63, 3.8) is 0 Å². The van der Waals surface area contributed by atoms with E-state index in [-0.39, 0.29) is 11.8 Å². The molecule has 2 rings (SSSR count). The third kappa shape index (κ3) is 1.68. The largest absolute Gasteiger partial charge is 0.389 e. The Morgan fingerprint density at radius 1 is 1.43 bits per heavy atom. The standard InChI is InChI=1S/C9H17NO3S/c1-9(11)5-6-10(7-9)14(12,13)8-3-2-4-8/h8,11H,2-7H2,1H3. The van der Waals surface area contributed by atoms with Crippen LogP contribution >= 0.6 is 0 Å². The lowest BCUT2D eigenvalue weighted by Crippen LogP contribution is -2.42. The van der Waals surface area contributed by atoms with E-state index in [0.29, 0.717) is 13.0 Å². The number of nitrogens with zero attached hydrogens (tertiary/aromatic N) is 1. The van der Waals surface area contributed by atoms with Crippen LogP contribution in [0.3, 0.4) is 0 Å². The Bertz CT molecular complexity index is 319. The number of sulfonamides is 1. The lowest BCUT2D eigenvalue weighted by atomic mass is 10.0. The van der Waals surface area contributed by atoms with Crippen LogP contribution in [0.2, 0.25) is 0 Å². The van der Waals surface area contributed by atoms with E-state index in [4.69, 9.17) is 0 Å². The van der Waals surface area contributed by atoms with Crippen molar-refractivity contribution >= 4 is 10.0 Å². The van der Waals surface area contributed by atoms with Gasteiger partial charge < -0.3 is 5.11 Å². The Labute approximate surface area is 85.0 Å². The summed E-state index contributed by atoms with van der Waals surface area (Å²) in [5.41, 5.74) is -0.823. The van der Waals surface area contributed by atoms with Crippen molar-refractivity contribution in [2.24, 2.45) is 0 Å². The number of hydrogen-bond donors (Lipinski definition) is 1. The summed E-state index contributed by atoms with van der Waals surface area (Å²) in [6.45, 7) is 2.45. The minimum absolute atomic E-state index is 0.170. The van der Waals surface area contributed by atoms with Crippen LogP contribution in [0.25, 0.3) is 0 Å². The molecule has 82 valence electrons. The first-order valence-corrected chi connectivity index (χ1v) is 6.63. The van der Waals surface area contributed by atoms with E-state index in [9.17, 15) is 13.5 Å². The molecule has 2 fully saturated rings. The summed E-state index contributed by atoms with van der Waals surface area (Å²) in [5.74, 6) is 0. The lowest BCUT2D eigenvalue weighted by Gasteiger charge is -2.30. The Hall–Kier alpha value is -0.130.